The highest BCUT2D eigenvalue weighted by Crippen LogP contribution is 2.23. The van der Waals surface area contributed by atoms with Crippen LogP contribution in [0.15, 0.2) is 41.5 Å². The number of aromatic amines is 1. The molecule has 4 heterocycles. The molecule has 1 saturated heterocycles. The molecule has 5 rings (SSSR count). The first-order chi connectivity index (χ1) is 14.0. The Hall–Kier alpha value is -3.26. The van der Waals surface area contributed by atoms with Crippen LogP contribution in [0.4, 0.5) is 10.1 Å². The van der Waals surface area contributed by atoms with Crippen molar-refractivity contribution in [3.8, 4) is 11.4 Å². The fourth-order valence-corrected chi connectivity index (χ4v) is 3.83. The van der Waals surface area contributed by atoms with Crippen molar-refractivity contribution in [1.29, 1.82) is 0 Å². The Labute approximate surface area is 166 Å². The number of hydrogen-bond acceptors (Lipinski definition) is 5. The van der Waals surface area contributed by atoms with E-state index in [1.165, 1.54) is 6.07 Å². The van der Waals surface area contributed by atoms with Crippen LogP contribution >= 0.6 is 0 Å². The van der Waals surface area contributed by atoms with Gasteiger partial charge in [-0.3, -0.25) is 4.79 Å². The first-order valence-corrected chi connectivity index (χ1v) is 9.61. The average molecular weight is 392 g/mol. The van der Waals surface area contributed by atoms with E-state index in [1.54, 1.807) is 23.7 Å². The number of nitrogens with one attached hydrogen (secondary N) is 1. The molecule has 8 heteroatoms. The van der Waals surface area contributed by atoms with Crippen molar-refractivity contribution in [2.24, 2.45) is 0 Å². The van der Waals surface area contributed by atoms with Crippen molar-refractivity contribution >= 4 is 22.2 Å². The molecule has 1 aromatic carbocycles. The van der Waals surface area contributed by atoms with Gasteiger partial charge >= 0.3 is 0 Å². The zero-order chi connectivity index (χ0) is 20.1. The van der Waals surface area contributed by atoms with Gasteiger partial charge in [0, 0.05) is 49.8 Å². The van der Waals surface area contributed by atoms with Crippen LogP contribution in [0.2, 0.25) is 0 Å². The predicted octanol–water partition coefficient (Wildman–Crippen LogP) is 2.44. The van der Waals surface area contributed by atoms with Gasteiger partial charge in [-0.25, -0.2) is 14.4 Å². The lowest BCUT2D eigenvalue weighted by Crippen LogP contribution is -2.44. The highest BCUT2D eigenvalue weighted by molar-refractivity contribution is 5.83. The number of H-pyrrole nitrogens is 1. The van der Waals surface area contributed by atoms with E-state index in [4.69, 9.17) is 0 Å². The maximum atomic E-state index is 14.4. The van der Waals surface area contributed by atoms with Crippen LogP contribution < -0.4 is 10.5 Å². The van der Waals surface area contributed by atoms with Gasteiger partial charge in [-0.05, 0) is 38.2 Å². The third-order valence-electron chi connectivity index (χ3n) is 5.46. The highest BCUT2D eigenvalue weighted by Gasteiger charge is 2.16. The summed E-state index contributed by atoms with van der Waals surface area (Å²) in [6, 6.07) is 7.09. The van der Waals surface area contributed by atoms with Crippen LogP contribution in [0.1, 0.15) is 5.69 Å². The molecular weight excluding hydrogens is 371 g/mol. The minimum atomic E-state index is -0.455. The van der Waals surface area contributed by atoms with Crippen LogP contribution in [0.3, 0.4) is 0 Å². The van der Waals surface area contributed by atoms with Gasteiger partial charge in [-0.15, -0.1) is 0 Å². The molecule has 1 N–H and O–H groups in total. The Morgan fingerprint density at radius 1 is 1.07 bits per heavy atom. The number of aromatic nitrogens is 4. The van der Waals surface area contributed by atoms with E-state index in [0.29, 0.717) is 22.3 Å². The second-order valence-corrected chi connectivity index (χ2v) is 7.60. The summed E-state index contributed by atoms with van der Waals surface area (Å²) < 4.78 is 16.0. The fraction of sp³-hybridized carbons (Fsp3) is 0.286. The van der Waals surface area contributed by atoms with E-state index < -0.39 is 5.82 Å². The standard InChI is InChI=1S/C21H21FN6O/c1-13-11-28-12-14(9-17(22)20(28)23-13)19-24-18-4-3-15(10-16(18)21(29)25-19)27-7-5-26(2)6-8-27/h3-4,9-12H,5-8H2,1-2H3,(H,24,25,29). The zero-order valence-electron chi connectivity index (χ0n) is 16.3. The van der Waals surface area contributed by atoms with Gasteiger partial charge in [0.05, 0.1) is 16.6 Å². The molecular formula is C21H21FN6O. The quantitative estimate of drug-likeness (QED) is 0.568. The average Bonchev–Trinajstić information content (AvgIpc) is 3.09. The molecule has 0 atom stereocenters. The van der Waals surface area contributed by atoms with Gasteiger partial charge in [0.25, 0.3) is 5.56 Å². The summed E-state index contributed by atoms with van der Waals surface area (Å²) >= 11 is 0. The number of likely N-dealkylation sites (N-methyl/N-ethyl adjacent to an activating group) is 1. The van der Waals surface area contributed by atoms with Crippen molar-refractivity contribution in [2.45, 2.75) is 6.92 Å². The maximum absolute atomic E-state index is 14.4. The molecule has 0 unspecified atom stereocenters. The summed E-state index contributed by atoms with van der Waals surface area (Å²) in [5.41, 5.74) is 2.84. The van der Waals surface area contributed by atoms with E-state index in [9.17, 15) is 9.18 Å². The summed E-state index contributed by atoms with van der Waals surface area (Å²) in [4.78, 5) is 28.9. The van der Waals surface area contributed by atoms with Crippen LogP contribution in [0, 0.1) is 12.7 Å². The van der Waals surface area contributed by atoms with Crippen molar-refractivity contribution in [3.05, 3.63) is 58.5 Å². The fourth-order valence-electron chi connectivity index (χ4n) is 3.83. The second kappa shape index (κ2) is 6.66. The Morgan fingerprint density at radius 2 is 1.86 bits per heavy atom. The number of rotatable bonds is 2. The normalized spacial score (nSPS) is 15.5. The predicted molar refractivity (Wildman–Crippen MR) is 111 cm³/mol. The van der Waals surface area contributed by atoms with E-state index in [0.717, 1.165) is 37.6 Å². The molecule has 7 nitrogen and oxygen atoms in total. The summed E-state index contributed by atoms with van der Waals surface area (Å²) in [5, 5.41) is 0.533. The van der Waals surface area contributed by atoms with Crippen molar-refractivity contribution in [3.63, 3.8) is 0 Å². The van der Waals surface area contributed by atoms with E-state index in [2.05, 4.69) is 31.8 Å². The highest BCUT2D eigenvalue weighted by atomic mass is 19.1. The molecule has 1 aliphatic heterocycles. The van der Waals surface area contributed by atoms with E-state index in [-0.39, 0.29) is 11.2 Å². The minimum Gasteiger partial charge on any atom is -0.369 e. The molecule has 148 valence electrons. The number of benzene rings is 1. The van der Waals surface area contributed by atoms with Crippen LogP contribution in [0.25, 0.3) is 27.9 Å². The summed E-state index contributed by atoms with van der Waals surface area (Å²) in [6.45, 7) is 5.64. The van der Waals surface area contributed by atoms with Gasteiger partial charge in [0.15, 0.2) is 11.5 Å². The van der Waals surface area contributed by atoms with Gasteiger partial charge < -0.3 is 19.2 Å². The Morgan fingerprint density at radius 3 is 2.66 bits per heavy atom. The number of anilines is 1. The first-order valence-electron chi connectivity index (χ1n) is 9.61. The monoisotopic (exact) mass is 392 g/mol. The second-order valence-electron chi connectivity index (χ2n) is 7.60. The molecule has 0 amide bonds. The number of fused-ring (bicyclic) bond motifs is 2. The molecule has 3 aromatic heterocycles. The topological polar surface area (TPSA) is 69.5 Å². The molecule has 0 radical (unpaired) electrons. The lowest BCUT2D eigenvalue weighted by atomic mass is 10.1. The Kier molecular flexibility index (Phi) is 4.09. The Bertz CT molecular complexity index is 1290. The SMILES string of the molecule is Cc1cn2cc(-c3nc4ccc(N5CCN(C)CC5)cc4c(=O)[nH]3)cc(F)c2n1. The molecule has 0 bridgehead atoms. The van der Waals surface area contributed by atoms with Crippen LogP contribution in [0.5, 0.6) is 0 Å². The lowest BCUT2D eigenvalue weighted by molar-refractivity contribution is 0.313. The lowest BCUT2D eigenvalue weighted by Gasteiger charge is -2.34. The number of piperazine rings is 1. The third kappa shape index (κ3) is 3.15. The molecule has 1 fully saturated rings. The van der Waals surface area contributed by atoms with Gasteiger partial charge in [0.1, 0.15) is 5.82 Å². The van der Waals surface area contributed by atoms with Gasteiger partial charge in [0.2, 0.25) is 0 Å². The molecule has 0 spiro atoms. The molecule has 0 saturated carbocycles. The minimum absolute atomic E-state index is 0.233. The number of nitrogens with zero attached hydrogens (tertiary/aromatic N) is 5. The van der Waals surface area contributed by atoms with Crippen LogP contribution in [-0.4, -0.2) is 57.5 Å². The largest absolute Gasteiger partial charge is 0.369 e. The summed E-state index contributed by atoms with van der Waals surface area (Å²) in [6.07, 6.45) is 3.46. The molecule has 29 heavy (non-hydrogen) atoms. The number of aryl methyl sites for hydroxylation is 1. The number of imidazole rings is 1. The number of halogens is 1. The van der Waals surface area contributed by atoms with Gasteiger partial charge in [-0.1, -0.05) is 0 Å². The van der Waals surface area contributed by atoms with Gasteiger partial charge in [-0.2, -0.15) is 0 Å². The zero-order valence-corrected chi connectivity index (χ0v) is 16.3. The summed E-state index contributed by atoms with van der Waals surface area (Å²) in [5.74, 6) is -0.120. The summed E-state index contributed by atoms with van der Waals surface area (Å²) in [7, 11) is 2.11. The third-order valence-corrected chi connectivity index (χ3v) is 5.46. The number of hydrogen-bond donors (Lipinski definition) is 1. The van der Waals surface area contributed by atoms with Crippen molar-refractivity contribution in [2.75, 3.05) is 38.1 Å². The number of pyridine rings is 1. The molecule has 1 aliphatic rings. The smallest absolute Gasteiger partial charge is 0.259 e. The van der Waals surface area contributed by atoms with Crippen molar-refractivity contribution in [1.82, 2.24) is 24.3 Å². The maximum Gasteiger partial charge on any atom is 0.259 e. The van der Waals surface area contributed by atoms with Crippen LogP contribution in [-0.2, 0) is 0 Å². The molecule has 4 aromatic rings. The first kappa shape index (κ1) is 17.8. The van der Waals surface area contributed by atoms with E-state index >= 15 is 0 Å². The molecule has 0 aliphatic carbocycles. The Balaban J connectivity index is 1.57. The van der Waals surface area contributed by atoms with E-state index in [1.807, 2.05) is 18.2 Å². The van der Waals surface area contributed by atoms with Crippen molar-refractivity contribution < 1.29 is 4.39 Å².